The van der Waals surface area contributed by atoms with Gasteiger partial charge in [0.1, 0.15) is 30.2 Å². The Bertz CT molecular complexity index is 1280. The van der Waals surface area contributed by atoms with Gasteiger partial charge in [0.2, 0.25) is 41.4 Å². The number of carbonyl (C=O) groups is 8. The molecule has 0 aromatic rings. The second-order valence-corrected chi connectivity index (χ2v) is 11.6. The average Bonchev–Trinajstić information content (AvgIpc) is 3.03. The summed E-state index contributed by atoms with van der Waals surface area (Å²) in [4.78, 5) is 103. The van der Waals surface area contributed by atoms with Crippen molar-refractivity contribution in [3.05, 3.63) is 0 Å². The molecule has 290 valence electrons. The van der Waals surface area contributed by atoms with Gasteiger partial charge in [0.25, 0.3) is 0 Å². The van der Waals surface area contributed by atoms with Crippen molar-refractivity contribution >= 4 is 53.3 Å². The molecule has 23 nitrogen and oxygen atoms in total. The summed E-state index contributed by atoms with van der Waals surface area (Å²) in [5.41, 5.74) is 21.3. The van der Waals surface area contributed by atoms with E-state index in [1.807, 2.05) is 0 Å². The Morgan fingerprint density at radius 3 is 1.57 bits per heavy atom. The first-order chi connectivity index (χ1) is 23.6. The van der Waals surface area contributed by atoms with E-state index in [2.05, 4.69) is 36.9 Å². The molecule has 0 bridgehead atoms. The van der Waals surface area contributed by atoms with Crippen LogP contribution in [0.4, 0.5) is 0 Å². The van der Waals surface area contributed by atoms with E-state index in [1.165, 1.54) is 13.8 Å². The van der Waals surface area contributed by atoms with Gasteiger partial charge in [0, 0.05) is 13.0 Å². The third kappa shape index (κ3) is 17.4. The molecule has 18 N–H and O–H groups in total. The third-order valence-corrected chi connectivity index (χ3v) is 7.05. The third-order valence-electron chi connectivity index (χ3n) is 7.05. The minimum Gasteiger partial charge on any atom is -0.480 e. The lowest BCUT2D eigenvalue weighted by molar-refractivity contribution is -0.145. The first-order valence-corrected chi connectivity index (χ1v) is 15.7. The van der Waals surface area contributed by atoms with Crippen LogP contribution in [0.25, 0.3) is 0 Å². The highest BCUT2D eigenvalue weighted by atomic mass is 16.4. The van der Waals surface area contributed by atoms with Gasteiger partial charge in [-0.15, -0.1) is 0 Å². The maximum atomic E-state index is 13.3. The van der Waals surface area contributed by atoms with Gasteiger partial charge in [-0.1, -0.05) is 0 Å². The number of aliphatic imine (C=N–C) groups is 1. The normalized spacial score (nSPS) is 16.2. The number of primary amides is 1. The summed E-state index contributed by atoms with van der Waals surface area (Å²) in [7, 11) is 0. The van der Waals surface area contributed by atoms with Crippen LogP contribution in [0, 0.1) is 0 Å². The van der Waals surface area contributed by atoms with E-state index in [9.17, 15) is 58.8 Å². The molecule has 0 spiro atoms. The highest BCUT2D eigenvalue weighted by molar-refractivity contribution is 5.97. The molecule has 0 rings (SSSR count). The number of amides is 7. The van der Waals surface area contributed by atoms with E-state index >= 15 is 0 Å². The van der Waals surface area contributed by atoms with Crippen molar-refractivity contribution in [1.29, 1.82) is 0 Å². The van der Waals surface area contributed by atoms with Gasteiger partial charge in [-0.3, -0.25) is 38.6 Å². The highest BCUT2D eigenvalue weighted by Gasteiger charge is 2.34. The SMILES string of the molecule is C[C@H](NC(=O)[C@H](CCCN=C(N)N)NC(=O)[C@@H](NC(=O)[C@H](CO)NC(=O)[C@H](C)NC(=O)[C@@H](N)CCC(N)=O)[C@@H](C)O)C(=O)N[C@H](C(=O)O)[C@@H](C)O. The molecule has 0 fully saturated rings. The second-order valence-electron chi connectivity index (χ2n) is 11.6. The Hall–Kier alpha value is -5.13. The molecular weight excluding hydrogens is 682 g/mol. The summed E-state index contributed by atoms with van der Waals surface area (Å²) in [5, 5.41) is 52.3. The van der Waals surface area contributed by atoms with E-state index in [0.29, 0.717) is 0 Å². The van der Waals surface area contributed by atoms with Crippen LogP contribution in [-0.2, 0) is 38.4 Å². The lowest BCUT2D eigenvalue weighted by Gasteiger charge is -2.27. The molecule has 0 radical (unpaired) electrons. The quantitative estimate of drug-likeness (QED) is 0.0263. The zero-order chi connectivity index (χ0) is 39.6. The van der Waals surface area contributed by atoms with Crippen molar-refractivity contribution in [2.24, 2.45) is 27.9 Å². The summed E-state index contributed by atoms with van der Waals surface area (Å²) >= 11 is 0. The average molecular weight is 734 g/mol. The number of guanidine groups is 1. The number of nitrogens with two attached hydrogens (primary N) is 4. The van der Waals surface area contributed by atoms with Crippen molar-refractivity contribution in [3.63, 3.8) is 0 Å². The maximum absolute atomic E-state index is 13.3. The molecule has 0 aromatic heterocycles. The molecule has 0 aliphatic carbocycles. The fourth-order valence-electron chi connectivity index (χ4n) is 4.05. The number of rotatable bonds is 23. The van der Waals surface area contributed by atoms with Crippen LogP contribution in [0.5, 0.6) is 0 Å². The Morgan fingerprint density at radius 1 is 0.627 bits per heavy atom. The fourth-order valence-corrected chi connectivity index (χ4v) is 4.05. The van der Waals surface area contributed by atoms with Crippen molar-refractivity contribution in [1.82, 2.24) is 31.9 Å². The van der Waals surface area contributed by atoms with Gasteiger partial charge in [-0.25, -0.2) is 4.79 Å². The number of nitrogens with zero attached hydrogens (tertiary/aromatic N) is 1. The topological polar surface area (TPSA) is 406 Å². The lowest BCUT2D eigenvalue weighted by Crippen LogP contribution is -2.62. The lowest BCUT2D eigenvalue weighted by atomic mass is 10.1. The predicted molar refractivity (Wildman–Crippen MR) is 177 cm³/mol. The summed E-state index contributed by atoms with van der Waals surface area (Å²) in [6.45, 7) is 3.73. The number of carboxylic acid groups (broad SMARTS) is 1. The minimum absolute atomic E-state index is 0.0132. The first kappa shape index (κ1) is 45.9. The molecule has 0 heterocycles. The largest absolute Gasteiger partial charge is 0.480 e. The monoisotopic (exact) mass is 733 g/mol. The number of carbonyl (C=O) groups excluding carboxylic acids is 7. The van der Waals surface area contributed by atoms with Crippen molar-refractivity contribution in [2.45, 2.75) is 108 Å². The molecule has 0 saturated heterocycles. The van der Waals surface area contributed by atoms with Crippen LogP contribution in [-0.4, -0.2) is 141 Å². The molecular formula is C28H51N11O12. The number of aliphatic carboxylic acids is 1. The number of hydrogen-bond acceptors (Lipinski definition) is 13. The van der Waals surface area contributed by atoms with Gasteiger partial charge >= 0.3 is 5.97 Å². The zero-order valence-corrected chi connectivity index (χ0v) is 28.8. The summed E-state index contributed by atoms with van der Waals surface area (Å²) < 4.78 is 0. The van der Waals surface area contributed by atoms with Crippen LogP contribution < -0.4 is 54.8 Å². The molecule has 51 heavy (non-hydrogen) atoms. The van der Waals surface area contributed by atoms with E-state index in [1.54, 1.807) is 0 Å². The van der Waals surface area contributed by atoms with Gasteiger partial charge < -0.3 is 75.3 Å². The smallest absolute Gasteiger partial charge is 0.328 e. The Labute approximate surface area is 293 Å². The van der Waals surface area contributed by atoms with Crippen LogP contribution in [0.2, 0.25) is 0 Å². The standard InChI is InChI=1S/C28H51N11O12/c1-11(34-23(46)15(29)7-8-18(30)43)21(44)37-17(10-40)25(48)38-19(13(3)41)26(49)36-16(6-5-9-33-28(31)32)24(47)35-12(2)22(45)39-20(14(4)42)27(50)51/h11-17,19-20,40-42H,5-10,29H2,1-4H3,(H2,30,43)(H,34,46)(H,35,47)(H,36,49)(H,37,44)(H,38,48)(H,39,45)(H,50,51)(H4,31,32,33)/t11-,12-,13+,14+,15-,16-,17-,19-,20-/m0/s1. The van der Waals surface area contributed by atoms with Crippen LogP contribution in [0.15, 0.2) is 4.99 Å². The molecule has 0 aromatic carbocycles. The molecule has 0 unspecified atom stereocenters. The Morgan fingerprint density at radius 2 is 1.10 bits per heavy atom. The predicted octanol–water partition coefficient (Wildman–Crippen LogP) is -7.58. The van der Waals surface area contributed by atoms with Crippen LogP contribution in [0.1, 0.15) is 53.4 Å². The van der Waals surface area contributed by atoms with Crippen molar-refractivity contribution in [2.75, 3.05) is 13.2 Å². The molecule has 0 aliphatic heterocycles. The molecule has 7 amide bonds. The number of aliphatic hydroxyl groups excluding tert-OH is 3. The van der Waals surface area contributed by atoms with Crippen molar-refractivity contribution < 1.29 is 58.8 Å². The Kier molecular flexibility index (Phi) is 20.3. The van der Waals surface area contributed by atoms with Crippen molar-refractivity contribution in [3.8, 4) is 0 Å². The van der Waals surface area contributed by atoms with Crippen LogP contribution >= 0.6 is 0 Å². The van der Waals surface area contributed by atoms with E-state index in [0.717, 1.165) is 13.8 Å². The fraction of sp³-hybridized carbons (Fsp3) is 0.679. The second kappa shape index (κ2) is 22.6. The summed E-state index contributed by atoms with van der Waals surface area (Å²) in [5.74, 6) is -8.39. The van der Waals surface area contributed by atoms with E-state index < -0.39 is 108 Å². The molecule has 0 aliphatic rings. The summed E-state index contributed by atoms with van der Waals surface area (Å²) in [6.07, 6.45) is -3.39. The molecule has 23 heteroatoms. The minimum atomic E-state index is -1.76. The first-order valence-electron chi connectivity index (χ1n) is 15.7. The number of carboxylic acids is 1. The van der Waals surface area contributed by atoms with E-state index in [-0.39, 0.29) is 38.2 Å². The van der Waals surface area contributed by atoms with Crippen LogP contribution in [0.3, 0.4) is 0 Å². The van der Waals surface area contributed by atoms with Gasteiger partial charge in [-0.05, 0) is 47.0 Å². The zero-order valence-electron chi connectivity index (χ0n) is 28.8. The maximum Gasteiger partial charge on any atom is 0.328 e. The summed E-state index contributed by atoms with van der Waals surface area (Å²) in [6, 6.07) is -10.4. The Balaban J connectivity index is 5.75. The molecule has 9 atom stereocenters. The number of hydrogen-bond donors (Lipinski definition) is 14. The number of aliphatic hydroxyl groups is 3. The molecule has 0 saturated carbocycles. The highest BCUT2D eigenvalue weighted by Crippen LogP contribution is 2.04. The number of nitrogens with one attached hydrogen (secondary N) is 6. The van der Waals surface area contributed by atoms with Gasteiger partial charge in [0.05, 0.1) is 24.9 Å². The van der Waals surface area contributed by atoms with Gasteiger partial charge in [0.15, 0.2) is 12.0 Å². The van der Waals surface area contributed by atoms with E-state index in [4.69, 9.17) is 22.9 Å². The van der Waals surface area contributed by atoms with Gasteiger partial charge in [-0.2, -0.15) is 0 Å².